The van der Waals surface area contributed by atoms with Gasteiger partial charge in [-0.2, -0.15) is 5.26 Å². The molecule has 3 heterocycles. The van der Waals surface area contributed by atoms with Crippen LogP contribution in [0.2, 0.25) is 0 Å². The number of Topliss-reactive ketones (excluding diaryl/α,β-unsaturated/α-hetero) is 1. The van der Waals surface area contributed by atoms with E-state index in [1.54, 1.807) is 0 Å². The molecule has 0 aliphatic heterocycles. The van der Waals surface area contributed by atoms with Crippen LogP contribution in [0.1, 0.15) is 46.8 Å². The number of hydrogen-bond acceptors (Lipinski definition) is 8. The summed E-state index contributed by atoms with van der Waals surface area (Å²) in [6.07, 6.45) is 4.80. The van der Waals surface area contributed by atoms with E-state index in [9.17, 15) is 10.1 Å². The third-order valence-corrected chi connectivity index (χ3v) is 8.80. The molecule has 6 nitrogen and oxygen atoms in total. The van der Waals surface area contributed by atoms with E-state index in [4.69, 9.17) is 0 Å². The molecular weight excluding hydrogens is 434 g/mol. The minimum Gasteiger partial charge on any atom is -0.304 e. The van der Waals surface area contributed by atoms with Gasteiger partial charge in [0.2, 0.25) is 0 Å². The molecule has 0 spiro atoms. The molecule has 3 aromatic rings. The molecular formula is C21H23N5OS3. The molecule has 156 valence electrons. The Morgan fingerprint density at radius 3 is 3.00 bits per heavy atom. The summed E-state index contributed by atoms with van der Waals surface area (Å²) in [6.45, 7) is 4.13. The number of aromatic nitrogens is 4. The highest BCUT2D eigenvalue weighted by atomic mass is 32.2. The molecule has 0 saturated carbocycles. The molecule has 1 aliphatic carbocycles. The van der Waals surface area contributed by atoms with Crippen LogP contribution < -0.4 is 0 Å². The highest BCUT2D eigenvalue weighted by Gasteiger charge is 2.25. The maximum Gasteiger partial charge on any atom is 0.191 e. The topological polar surface area (TPSA) is 84.5 Å². The number of thiazole rings is 1. The zero-order valence-electron chi connectivity index (χ0n) is 17.2. The van der Waals surface area contributed by atoms with E-state index in [2.05, 4.69) is 34.2 Å². The Kier molecular flexibility index (Phi) is 6.37. The summed E-state index contributed by atoms with van der Waals surface area (Å²) in [4.78, 5) is 19.5. The minimum atomic E-state index is -0.820. The normalized spacial score (nSPS) is 16.8. The number of thiophene rings is 1. The van der Waals surface area contributed by atoms with E-state index < -0.39 is 5.92 Å². The largest absolute Gasteiger partial charge is 0.304 e. The van der Waals surface area contributed by atoms with Crippen LogP contribution in [0.15, 0.2) is 16.6 Å². The van der Waals surface area contributed by atoms with Crippen LogP contribution in [0.25, 0.3) is 10.7 Å². The van der Waals surface area contributed by atoms with Gasteiger partial charge in [-0.15, -0.1) is 32.9 Å². The molecule has 3 aromatic heterocycles. The molecule has 0 fully saturated rings. The highest BCUT2D eigenvalue weighted by Crippen LogP contribution is 2.38. The second-order valence-corrected chi connectivity index (χ2v) is 10.6. The van der Waals surface area contributed by atoms with Crippen molar-refractivity contribution >= 4 is 40.2 Å². The van der Waals surface area contributed by atoms with Crippen molar-refractivity contribution in [3.8, 4) is 16.8 Å². The summed E-state index contributed by atoms with van der Waals surface area (Å²) in [5.41, 5.74) is 2.29. The fraction of sp³-hybridized carbons (Fsp3) is 0.476. The molecule has 0 radical (unpaired) electrons. The first-order valence-corrected chi connectivity index (χ1v) is 12.7. The van der Waals surface area contributed by atoms with E-state index >= 15 is 0 Å². The molecule has 4 rings (SSSR count). The standard InChI is InChI=1S/C21H23N5OS3/c1-4-13-5-6-17-14(7-13)8-18(30-17)19-24-25-21(26(19)3)29-11-16(27)15(9-22)20-23-12(2)10-28-20/h8,10,13,15H,4-7,11H2,1-3H3. The molecule has 2 atom stereocenters. The van der Waals surface area contributed by atoms with Gasteiger partial charge in [-0.3, -0.25) is 4.79 Å². The minimum absolute atomic E-state index is 0.154. The van der Waals surface area contributed by atoms with E-state index in [1.165, 1.54) is 46.4 Å². The van der Waals surface area contributed by atoms with E-state index in [0.717, 1.165) is 35.2 Å². The molecule has 9 heteroatoms. The number of aryl methyl sites for hydroxylation is 2. The van der Waals surface area contributed by atoms with E-state index in [1.807, 2.05) is 35.3 Å². The van der Waals surface area contributed by atoms with Crippen molar-refractivity contribution in [3.05, 3.63) is 32.6 Å². The summed E-state index contributed by atoms with van der Waals surface area (Å²) < 4.78 is 1.95. The van der Waals surface area contributed by atoms with Gasteiger partial charge in [0.15, 0.2) is 22.7 Å². The molecule has 0 saturated heterocycles. The second-order valence-electron chi connectivity index (χ2n) is 7.59. The van der Waals surface area contributed by atoms with Gasteiger partial charge >= 0.3 is 0 Å². The number of fused-ring (bicyclic) bond motifs is 1. The summed E-state index contributed by atoms with van der Waals surface area (Å²) in [7, 11) is 1.93. The van der Waals surface area contributed by atoms with Gasteiger partial charge in [0, 0.05) is 23.0 Å². The lowest BCUT2D eigenvalue weighted by Crippen LogP contribution is -2.13. The summed E-state index contributed by atoms with van der Waals surface area (Å²) in [5.74, 6) is 0.816. The Morgan fingerprint density at radius 2 is 2.30 bits per heavy atom. The third-order valence-electron chi connectivity index (χ3n) is 5.50. The van der Waals surface area contributed by atoms with Crippen molar-refractivity contribution in [3.63, 3.8) is 0 Å². The predicted molar refractivity (Wildman–Crippen MR) is 121 cm³/mol. The average molecular weight is 458 g/mol. The van der Waals surface area contributed by atoms with Crippen LogP contribution in [0.4, 0.5) is 0 Å². The summed E-state index contributed by atoms with van der Waals surface area (Å²) >= 11 is 4.49. The molecule has 0 N–H and O–H groups in total. The maximum absolute atomic E-state index is 12.6. The third kappa shape index (κ3) is 4.22. The predicted octanol–water partition coefficient (Wildman–Crippen LogP) is 4.79. The zero-order valence-corrected chi connectivity index (χ0v) is 19.7. The van der Waals surface area contributed by atoms with Crippen LogP contribution >= 0.6 is 34.4 Å². The van der Waals surface area contributed by atoms with Gasteiger partial charge in [0.05, 0.1) is 16.7 Å². The first-order chi connectivity index (χ1) is 14.5. The van der Waals surface area contributed by atoms with Crippen molar-refractivity contribution in [1.82, 2.24) is 19.7 Å². The molecule has 0 bridgehead atoms. The van der Waals surface area contributed by atoms with Gasteiger partial charge in [-0.25, -0.2) is 4.98 Å². The number of rotatable bonds is 7. The smallest absolute Gasteiger partial charge is 0.191 e. The highest BCUT2D eigenvalue weighted by molar-refractivity contribution is 7.99. The monoisotopic (exact) mass is 457 g/mol. The van der Waals surface area contributed by atoms with Gasteiger partial charge in [-0.1, -0.05) is 25.1 Å². The SMILES string of the molecule is CCC1CCc2sc(-c3nnc(SCC(=O)C(C#N)c4nc(C)cs4)n3C)cc2C1. The number of nitrogens with zero attached hydrogens (tertiary/aromatic N) is 5. The first kappa shape index (κ1) is 21.2. The lowest BCUT2D eigenvalue weighted by molar-refractivity contribution is -0.116. The van der Waals surface area contributed by atoms with Gasteiger partial charge in [0.1, 0.15) is 5.01 Å². The average Bonchev–Trinajstić information content (AvgIpc) is 3.44. The number of thioether (sulfide) groups is 1. The van der Waals surface area contributed by atoms with Gasteiger partial charge in [-0.05, 0) is 43.7 Å². The lowest BCUT2D eigenvalue weighted by Gasteiger charge is -2.19. The van der Waals surface area contributed by atoms with Crippen molar-refractivity contribution < 1.29 is 4.79 Å². The number of carbonyl (C=O) groups is 1. The van der Waals surface area contributed by atoms with Gasteiger partial charge < -0.3 is 4.57 Å². The fourth-order valence-corrected chi connectivity index (χ4v) is 6.61. The number of nitriles is 1. The van der Waals surface area contributed by atoms with Crippen LogP contribution in [-0.2, 0) is 24.7 Å². The molecule has 0 aromatic carbocycles. The summed E-state index contributed by atoms with van der Waals surface area (Å²) in [6, 6.07) is 4.36. The van der Waals surface area contributed by atoms with Crippen molar-refractivity contribution in [2.24, 2.45) is 13.0 Å². The molecule has 2 unspecified atom stereocenters. The van der Waals surface area contributed by atoms with Crippen molar-refractivity contribution in [2.45, 2.75) is 50.6 Å². The quantitative estimate of drug-likeness (QED) is 0.474. The molecule has 0 amide bonds. The maximum atomic E-state index is 12.6. The zero-order chi connectivity index (χ0) is 21.3. The van der Waals surface area contributed by atoms with Crippen molar-refractivity contribution in [1.29, 1.82) is 5.26 Å². The number of carbonyl (C=O) groups excluding carboxylic acids is 1. The lowest BCUT2D eigenvalue weighted by atomic mass is 9.87. The Bertz CT molecular complexity index is 1110. The molecule has 1 aliphatic rings. The van der Waals surface area contributed by atoms with Gasteiger partial charge in [0.25, 0.3) is 0 Å². The van der Waals surface area contributed by atoms with E-state index in [0.29, 0.717) is 10.2 Å². The number of hydrogen-bond donors (Lipinski definition) is 0. The Balaban J connectivity index is 1.46. The van der Waals surface area contributed by atoms with Crippen molar-refractivity contribution in [2.75, 3.05) is 5.75 Å². The van der Waals surface area contributed by atoms with Crippen LogP contribution in [0.3, 0.4) is 0 Å². The van der Waals surface area contributed by atoms with Crippen LogP contribution in [0, 0.1) is 24.2 Å². The van der Waals surface area contributed by atoms with Crippen LogP contribution in [0.5, 0.6) is 0 Å². The Hall–Kier alpha value is -2.02. The second kappa shape index (κ2) is 9.00. The number of ketones is 1. The summed E-state index contributed by atoms with van der Waals surface area (Å²) in [5, 5.41) is 21.2. The Labute approximate surface area is 188 Å². The Morgan fingerprint density at radius 1 is 1.47 bits per heavy atom. The molecule has 30 heavy (non-hydrogen) atoms. The fourth-order valence-electron chi connectivity index (χ4n) is 3.70. The van der Waals surface area contributed by atoms with Crippen LogP contribution in [-0.4, -0.2) is 31.3 Å². The van der Waals surface area contributed by atoms with E-state index in [-0.39, 0.29) is 11.5 Å². The first-order valence-electron chi connectivity index (χ1n) is 9.98.